The third-order valence-electron chi connectivity index (χ3n) is 4.75. The average molecular weight is 420 g/mol. The van der Waals surface area contributed by atoms with Crippen LogP contribution in [0.5, 0.6) is 5.75 Å². The number of aromatic nitrogens is 2. The molecule has 6 nitrogen and oxygen atoms in total. The van der Waals surface area contributed by atoms with Crippen LogP contribution in [0.3, 0.4) is 0 Å². The topological polar surface area (TPSA) is 73.2 Å². The summed E-state index contributed by atoms with van der Waals surface area (Å²) in [5.41, 5.74) is 3.76. The number of aryl methyl sites for hydroxylation is 4. The molecule has 0 aliphatic rings. The fraction of sp³-hybridized carbons (Fsp3) is 0.350. The van der Waals surface area contributed by atoms with Gasteiger partial charge in [0.05, 0.1) is 18.8 Å². The van der Waals surface area contributed by atoms with Gasteiger partial charge in [0, 0.05) is 17.1 Å². The summed E-state index contributed by atoms with van der Waals surface area (Å²) < 4.78 is 36.1. The molecule has 0 aliphatic carbocycles. The minimum Gasteiger partial charge on any atom is -0.495 e. The van der Waals surface area contributed by atoms with E-state index in [2.05, 4.69) is 9.82 Å². The number of methoxy groups -OCH3 is 1. The van der Waals surface area contributed by atoms with Crippen molar-refractivity contribution in [3.8, 4) is 5.75 Å². The number of rotatable bonds is 7. The quantitative estimate of drug-likeness (QED) is 0.633. The Morgan fingerprint density at radius 3 is 2.46 bits per heavy atom. The molecule has 2 aromatic heterocycles. The normalized spacial score (nSPS) is 12.9. The number of hydrogen-bond donors (Lipinski definition) is 1. The van der Waals surface area contributed by atoms with Crippen molar-refractivity contribution in [3.63, 3.8) is 0 Å². The first-order chi connectivity index (χ1) is 13.2. The van der Waals surface area contributed by atoms with Gasteiger partial charge in [-0.1, -0.05) is 6.07 Å². The van der Waals surface area contributed by atoms with Gasteiger partial charge in [0.1, 0.15) is 10.6 Å². The molecule has 0 saturated carbocycles. The summed E-state index contributed by atoms with van der Waals surface area (Å²) in [5.74, 6) is 0.342. The van der Waals surface area contributed by atoms with Crippen molar-refractivity contribution in [2.75, 3.05) is 13.7 Å². The summed E-state index contributed by atoms with van der Waals surface area (Å²) in [6.07, 6.45) is 0. The lowest BCUT2D eigenvalue weighted by Crippen LogP contribution is -2.32. The van der Waals surface area contributed by atoms with Crippen molar-refractivity contribution in [1.82, 2.24) is 14.5 Å². The fourth-order valence-corrected chi connectivity index (χ4v) is 5.23. The lowest BCUT2D eigenvalue weighted by molar-refractivity contribution is 0.401. The van der Waals surface area contributed by atoms with Crippen molar-refractivity contribution >= 4 is 21.4 Å². The molecule has 0 bridgehead atoms. The molecule has 1 unspecified atom stereocenters. The van der Waals surface area contributed by atoms with Gasteiger partial charge in [-0.3, -0.25) is 4.68 Å². The van der Waals surface area contributed by atoms with Gasteiger partial charge >= 0.3 is 0 Å². The molecule has 0 amide bonds. The summed E-state index contributed by atoms with van der Waals surface area (Å²) in [4.78, 5) is 1.19. The number of ether oxygens (including phenoxy) is 1. The second-order valence-corrected chi connectivity index (χ2v) is 9.56. The van der Waals surface area contributed by atoms with Crippen molar-refractivity contribution in [2.24, 2.45) is 0 Å². The third-order valence-corrected chi connectivity index (χ3v) is 7.17. The summed E-state index contributed by atoms with van der Waals surface area (Å²) in [6.45, 7) is 7.91. The van der Waals surface area contributed by atoms with E-state index >= 15 is 0 Å². The number of benzene rings is 1. The van der Waals surface area contributed by atoms with Gasteiger partial charge in [0.25, 0.3) is 0 Å². The molecular formula is C20H25N3O3S2. The van der Waals surface area contributed by atoms with Crippen molar-refractivity contribution < 1.29 is 13.2 Å². The fourth-order valence-electron chi connectivity index (χ4n) is 3.15. The number of hydrogen-bond acceptors (Lipinski definition) is 5. The van der Waals surface area contributed by atoms with E-state index in [1.807, 2.05) is 56.0 Å². The van der Waals surface area contributed by atoms with E-state index in [1.165, 1.54) is 7.11 Å². The number of nitrogens with one attached hydrogen (secondary N) is 1. The zero-order chi connectivity index (χ0) is 20.5. The standard InChI is InChI=1S/C20H25N3O3S2/c1-13-9-18(26-5)20(10-14(13)2)28(24,25)21-12-17(19-7-6-8-27-19)23-16(4)11-15(3)22-23/h6-11,17,21H,12H2,1-5H3. The molecule has 0 aliphatic heterocycles. The Balaban J connectivity index is 1.93. The Labute approximate surface area is 170 Å². The maximum absolute atomic E-state index is 13.1. The molecule has 0 saturated heterocycles. The zero-order valence-electron chi connectivity index (χ0n) is 16.7. The van der Waals surface area contributed by atoms with E-state index in [0.29, 0.717) is 5.75 Å². The first kappa shape index (κ1) is 20.6. The van der Waals surface area contributed by atoms with Crippen LogP contribution in [-0.4, -0.2) is 31.9 Å². The molecular weight excluding hydrogens is 394 g/mol. The highest BCUT2D eigenvalue weighted by molar-refractivity contribution is 7.89. The molecule has 1 N–H and O–H groups in total. The second kappa shape index (κ2) is 8.06. The minimum atomic E-state index is -3.75. The molecule has 1 atom stereocenters. The van der Waals surface area contributed by atoms with E-state index in [0.717, 1.165) is 27.4 Å². The van der Waals surface area contributed by atoms with Crippen molar-refractivity contribution in [3.05, 3.63) is 63.1 Å². The van der Waals surface area contributed by atoms with Crippen molar-refractivity contribution in [2.45, 2.75) is 38.6 Å². The van der Waals surface area contributed by atoms with Gasteiger partial charge in [0.2, 0.25) is 10.0 Å². The Kier molecular flexibility index (Phi) is 5.92. The SMILES string of the molecule is COc1cc(C)c(C)cc1S(=O)(=O)NCC(c1cccs1)n1nc(C)cc1C. The molecule has 3 aromatic rings. The molecule has 0 spiro atoms. The van der Waals surface area contributed by atoms with E-state index < -0.39 is 10.0 Å². The molecule has 150 valence electrons. The third kappa shape index (κ3) is 4.14. The second-order valence-electron chi connectivity index (χ2n) is 6.84. The highest BCUT2D eigenvalue weighted by atomic mass is 32.2. The van der Waals surface area contributed by atoms with E-state index in [9.17, 15) is 8.42 Å². The van der Waals surface area contributed by atoms with Crippen molar-refractivity contribution in [1.29, 1.82) is 0 Å². The van der Waals surface area contributed by atoms with Crippen LogP contribution < -0.4 is 9.46 Å². The van der Waals surface area contributed by atoms with Crippen LogP contribution in [0.4, 0.5) is 0 Å². The van der Waals surface area contributed by atoms with Gasteiger partial charge < -0.3 is 4.74 Å². The van der Waals surface area contributed by atoms with Gasteiger partial charge in [-0.25, -0.2) is 13.1 Å². The maximum Gasteiger partial charge on any atom is 0.244 e. The van der Waals surface area contributed by atoms with Crippen LogP contribution in [0.1, 0.15) is 33.4 Å². The molecule has 28 heavy (non-hydrogen) atoms. The summed E-state index contributed by atoms with van der Waals surface area (Å²) in [7, 11) is -2.27. The average Bonchev–Trinajstić information content (AvgIpc) is 3.27. The monoisotopic (exact) mass is 419 g/mol. The predicted octanol–water partition coefficient (Wildman–Crippen LogP) is 3.75. The first-order valence-electron chi connectivity index (χ1n) is 8.94. The summed E-state index contributed by atoms with van der Waals surface area (Å²) >= 11 is 1.58. The van der Waals surface area contributed by atoms with E-state index in [4.69, 9.17) is 4.74 Å². The minimum absolute atomic E-state index is 0.149. The molecule has 1 aromatic carbocycles. The number of sulfonamides is 1. The summed E-state index contributed by atoms with van der Waals surface area (Å²) in [5, 5.41) is 6.54. The van der Waals surface area contributed by atoms with E-state index in [-0.39, 0.29) is 17.5 Å². The number of thiophene rings is 1. The largest absolute Gasteiger partial charge is 0.495 e. The van der Waals surface area contributed by atoms with Gasteiger partial charge in [0.15, 0.2) is 0 Å². The Bertz CT molecular complexity index is 1070. The first-order valence-corrected chi connectivity index (χ1v) is 11.3. The zero-order valence-corrected chi connectivity index (χ0v) is 18.3. The van der Waals surface area contributed by atoms with Gasteiger partial charge in [-0.05, 0) is 68.5 Å². The van der Waals surface area contributed by atoms with Crippen LogP contribution in [0, 0.1) is 27.7 Å². The number of nitrogens with zero attached hydrogens (tertiary/aromatic N) is 2. The molecule has 0 fully saturated rings. The Hall–Kier alpha value is -2.16. The van der Waals surface area contributed by atoms with Crippen LogP contribution in [0.25, 0.3) is 0 Å². The van der Waals surface area contributed by atoms with Crippen LogP contribution in [0.2, 0.25) is 0 Å². The molecule has 2 heterocycles. The van der Waals surface area contributed by atoms with Gasteiger partial charge in [-0.2, -0.15) is 5.10 Å². The maximum atomic E-state index is 13.1. The highest BCUT2D eigenvalue weighted by Crippen LogP contribution is 2.29. The lowest BCUT2D eigenvalue weighted by Gasteiger charge is -2.20. The molecule has 0 radical (unpaired) electrons. The molecule has 3 rings (SSSR count). The van der Waals surface area contributed by atoms with E-state index in [1.54, 1.807) is 23.5 Å². The highest BCUT2D eigenvalue weighted by Gasteiger charge is 2.25. The smallest absolute Gasteiger partial charge is 0.244 e. The lowest BCUT2D eigenvalue weighted by atomic mass is 10.1. The van der Waals surface area contributed by atoms with Crippen LogP contribution in [-0.2, 0) is 10.0 Å². The molecule has 8 heteroatoms. The summed E-state index contributed by atoms with van der Waals surface area (Å²) in [6, 6.07) is 9.13. The Morgan fingerprint density at radius 1 is 1.18 bits per heavy atom. The Morgan fingerprint density at radius 2 is 1.89 bits per heavy atom. The van der Waals surface area contributed by atoms with Gasteiger partial charge in [-0.15, -0.1) is 11.3 Å². The van der Waals surface area contributed by atoms with Crippen LogP contribution in [0.15, 0.2) is 40.6 Å². The van der Waals surface area contributed by atoms with Crippen LogP contribution >= 0.6 is 11.3 Å². The predicted molar refractivity (Wildman–Crippen MR) is 112 cm³/mol.